The SMILES string of the molecule is CC.Cc1cc(I)cc(I)c1C. The molecule has 0 saturated heterocycles. The van der Waals surface area contributed by atoms with Crippen molar-refractivity contribution in [3.8, 4) is 0 Å². The third-order valence-electron chi connectivity index (χ3n) is 1.57. The van der Waals surface area contributed by atoms with E-state index < -0.39 is 0 Å². The van der Waals surface area contributed by atoms with Gasteiger partial charge in [-0.2, -0.15) is 0 Å². The van der Waals surface area contributed by atoms with Crippen molar-refractivity contribution >= 4 is 45.2 Å². The first kappa shape index (κ1) is 12.7. The van der Waals surface area contributed by atoms with Gasteiger partial charge in [0.15, 0.2) is 0 Å². The van der Waals surface area contributed by atoms with Gasteiger partial charge in [-0.1, -0.05) is 13.8 Å². The van der Waals surface area contributed by atoms with Gasteiger partial charge in [-0.25, -0.2) is 0 Å². The van der Waals surface area contributed by atoms with Gasteiger partial charge in [0.25, 0.3) is 0 Å². The molecule has 0 N–H and O–H groups in total. The van der Waals surface area contributed by atoms with Crippen molar-refractivity contribution in [2.45, 2.75) is 27.7 Å². The average molecular weight is 388 g/mol. The molecule has 12 heavy (non-hydrogen) atoms. The Kier molecular flexibility index (Phi) is 6.53. The first-order valence-electron chi connectivity index (χ1n) is 4.03. The molecule has 0 amide bonds. The van der Waals surface area contributed by atoms with Gasteiger partial charge in [-0.05, 0) is 82.3 Å². The Bertz CT molecular complexity index is 231. The van der Waals surface area contributed by atoms with Gasteiger partial charge in [0.05, 0.1) is 0 Å². The highest BCUT2D eigenvalue weighted by Gasteiger charge is 1.98. The summed E-state index contributed by atoms with van der Waals surface area (Å²) in [5.74, 6) is 0. The van der Waals surface area contributed by atoms with Crippen molar-refractivity contribution in [1.29, 1.82) is 0 Å². The van der Waals surface area contributed by atoms with Crippen LogP contribution in [0.1, 0.15) is 25.0 Å². The van der Waals surface area contributed by atoms with E-state index in [1.165, 1.54) is 18.3 Å². The molecule has 0 nitrogen and oxygen atoms in total. The molecule has 0 saturated carbocycles. The average Bonchev–Trinajstić information content (AvgIpc) is 2.04. The normalized spacial score (nSPS) is 8.83. The van der Waals surface area contributed by atoms with E-state index in [0.29, 0.717) is 0 Å². The highest BCUT2D eigenvalue weighted by Crippen LogP contribution is 2.18. The van der Waals surface area contributed by atoms with Crippen molar-refractivity contribution in [2.24, 2.45) is 0 Å². The standard InChI is InChI=1S/C8H8I2.C2H6/c1-5-3-7(9)4-8(10)6(5)2;1-2/h3-4H,1-2H3;1-2H3. The molecule has 0 aromatic heterocycles. The van der Waals surface area contributed by atoms with Crippen LogP contribution in [0.3, 0.4) is 0 Å². The van der Waals surface area contributed by atoms with Gasteiger partial charge >= 0.3 is 0 Å². The highest BCUT2D eigenvalue weighted by molar-refractivity contribution is 14.1. The Labute approximate surface area is 102 Å². The number of rotatable bonds is 0. The van der Waals surface area contributed by atoms with Crippen molar-refractivity contribution in [1.82, 2.24) is 0 Å². The first-order chi connectivity index (χ1) is 5.61. The van der Waals surface area contributed by atoms with Crippen LogP contribution in [0.5, 0.6) is 0 Å². The third kappa shape index (κ3) is 3.60. The zero-order chi connectivity index (χ0) is 9.72. The maximum atomic E-state index is 2.37. The van der Waals surface area contributed by atoms with E-state index in [1.807, 2.05) is 13.8 Å². The van der Waals surface area contributed by atoms with Crippen molar-refractivity contribution < 1.29 is 0 Å². The van der Waals surface area contributed by atoms with Crippen LogP contribution in [-0.2, 0) is 0 Å². The zero-order valence-corrected chi connectivity index (χ0v) is 12.2. The topological polar surface area (TPSA) is 0 Å². The van der Waals surface area contributed by atoms with E-state index >= 15 is 0 Å². The lowest BCUT2D eigenvalue weighted by atomic mass is 10.1. The number of hydrogen-bond acceptors (Lipinski definition) is 0. The van der Waals surface area contributed by atoms with Crippen molar-refractivity contribution in [3.05, 3.63) is 30.4 Å². The molecular formula is C10H14I2. The molecule has 0 bridgehead atoms. The van der Waals surface area contributed by atoms with Crippen molar-refractivity contribution in [3.63, 3.8) is 0 Å². The van der Waals surface area contributed by atoms with Crippen LogP contribution in [0.4, 0.5) is 0 Å². The summed E-state index contributed by atoms with van der Waals surface area (Å²) < 4.78 is 2.69. The van der Waals surface area contributed by atoms with Crippen molar-refractivity contribution in [2.75, 3.05) is 0 Å². The lowest BCUT2D eigenvalue weighted by molar-refractivity contribution is 1.30. The Morgan fingerprint density at radius 2 is 1.50 bits per heavy atom. The summed E-state index contributed by atoms with van der Waals surface area (Å²) in [4.78, 5) is 0. The second-order valence-corrected chi connectivity index (χ2v) is 4.74. The molecule has 0 heterocycles. The summed E-state index contributed by atoms with van der Waals surface area (Å²) >= 11 is 4.71. The van der Waals surface area contributed by atoms with Crippen LogP contribution in [0.15, 0.2) is 12.1 Å². The fourth-order valence-corrected chi connectivity index (χ4v) is 2.91. The zero-order valence-electron chi connectivity index (χ0n) is 7.91. The Morgan fingerprint density at radius 1 is 1.00 bits per heavy atom. The van der Waals surface area contributed by atoms with E-state index in [4.69, 9.17) is 0 Å². The number of aryl methyl sites for hydroxylation is 1. The highest BCUT2D eigenvalue weighted by atomic mass is 127. The molecule has 68 valence electrons. The second-order valence-electron chi connectivity index (χ2n) is 2.33. The second kappa shape index (κ2) is 6.18. The molecule has 0 aliphatic heterocycles. The van der Waals surface area contributed by atoms with E-state index in [-0.39, 0.29) is 0 Å². The summed E-state index contributed by atoms with van der Waals surface area (Å²) in [7, 11) is 0. The maximum absolute atomic E-state index is 2.37. The minimum Gasteiger partial charge on any atom is -0.0683 e. The molecular weight excluding hydrogens is 374 g/mol. The lowest BCUT2D eigenvalue weighted by Crippen LogP contribution is -1.86. The fraction of sp³-hybridized carbons (Fsp3) is 0.400. The fourth-order valence-electron chi connectivity index (χ4n) is 0.774. The third-order valence-corrected chi connectivity index (χ3v) is 3.31. The maximum Gasteiger partial charge on any atom is 0.0172 e. The number of hydrogen-bond donors (Lipinski definition) is 0. The minimum atomic E-state index is 1.32. The molecule has 2 heteroatoms. The molecule has 0 unspecified atom stereocenters. The summed E-state index contributed by atoms with van der Waals surface area (Å²) in [6.45, 7) is 8.31. The van der Waals surface area contributed by atoms with E-state index in [9.17, 15) is 0 Å². The van der Waals surface area contributed by atoms with Crippen LogP contribution < -0.4 is 0 Å². The Balaban J connectivity index is 0.000000561. The first-order valence-corrected chi connectivity index (χ1v) is 6.19. The molecule has 0 spiro atoms. The van der Waals surface area contributed by atoms with Crippen LogP contribution >= 0.6 is 45.2 Å². The van der Waals surface area contributed by atoms with Crippen LogP contribution in [-0.4, -0.2) is 0 Å². The van der Waals surface area contributed by atoms with Gasteiger partial charge in [0, 0.05) is 7.14 Å². The van der Waals surface area contributed by atoms with Gasteiger partial charge in [-0.3, -0.25) is 0 Å². The largest absolute Gasteiger partial charge is 0.0683 e. The molecule has 0 fully saturated rings. The van der Waals surface area contributed by atoms with Gasteiger partial charge in [0.2, 0.25) is 0 Å². The predicted molar refractivity (Wildman–Crippen MR) is 72.7 cm³/mol. The molecule has 0 aliphatic rings. The number of benzene rings is 1. The minimum absolute atomic E-state index is 1.32. The summed E-state index contributed by atoms with van der Waals surface area (Å²) in [5, 5.41) is 0. The summed E-state index contributed by atoms with van der Waals surface area (Å²) in [6, 6.07) is 4.40. The quantitative estimate of drug-likeness (QED) is 0.573. The lowest BCUT2D eigenvalue weighted by Gasteiger charge is -2.02. The van der Waals surface area contributed by atoms with Crippen LogP contribution in [0.25, 0.3) is 0 Å². The van der Waals surface area contributed by atoms with E-state index in [2.05, 4.69) is 71.2 Å². The predicted octanol–water partition coefficient (Wildman–Crippen LogP) is 4.54. The molecule has 0 atom stereocenters. The van der Waals surface area contributed by atoms with E-state index in [1.54, 1.807) is 0 Å². The summed E-state index contributed by atoms with van der Waals surface area (Å²) in [5.41, 5.74) is 2.79. The smallest absolute Gasteiger partial charge is 0.0172 e. The van der Waals surface area contributed by atoms with Gasteiger partial charge < -0.3 is 0 Å². The molecule has 1 aromatic rings. The molecule has 0 aliphatic carbocycles. The van der Waals surface area contributed by atoms with Crippen LogP contribution in [0, 0.1) is 21.0 Å². The van der Waals surface area contributed by atoms with E-state index in [0.717, 1.165) is 0 Å². The summed E-state index contributed by atoms with van der Waals surface area (Å²) in [6.07, 6.45) is 0. The molecule has 1 aromatic carbocycles. The molecule has 1 rings (SSSR count). The Hall–Kier alpha value is 0.680. The monoisotopic (exact) mass is 388 g/mol. The number of halogens is 2. The van der Waals surface area contributed by atoms with Gasteiger partial charge in [-0.15, -0.1) is 0 Å². The van der Waals surface area contributed by atoms with Crippen LogP contribution in [0.2, 0.25) is 0 Å². The van der Waals surface area contributed by atoms with Gasteiger partial charge in [0.1, 0.15) is 0 Å². The Morgan fingerprint density at radius 3 is 1.92 bits per heavy atom. The molecule has 0 radical (unpaired) electrons.